The van der Waals surface area contributed by atoms with Crippen LogP contribution in [0.25, 0.3) is 0 Å². The molecule has 1 saturated carbocycles. The number of carbonyl (C=O) groups is 1. The summed E-state index contributed by atoms with van der Waals surface area (Å²) < 4.78 is 44.2. The Morgan fingerprint density at radius 3 is 2.14 bits per heavy atom. The van der Waals surface area contributed by atoms with Crippen molar-refractivity contribution in [2.45, 2.75) is 84.1 Å². The summed E-state index contributed by atoms with van der Waals surface area (Å²) in [4.78, 5) is 12.2. The summed E-state index contributed by atoms with van der Waals surface area (Å²) in [6.07, 6.45) is -2.38. The van der Waals surface area contributed by atoms with Gasteiger partial charge in [0.25, 0.3) is 0 Å². The number of halogens is 3. The Kier molecular flexibility index (Phi) is 5.93. The third kappa shape index (κ3) is 4.61. The first kappa shape index (κ1) is 19.3. The van der Waals surface area contributed by atoms with E-state index in [1.807, 2.05) is 6.92 Å². The van der Waals surface area contributed by atoms with Crippen LogP contribution in [-0.2, 0) is 9.53 Å². The number of aliphatic hydroxyl groups is 1. The number of esters is 1. The Bertz CT molecular complexity index is 383. The number of ether oxygens (including phenoxy) is 1. The largest absolute Gasteiger partial charge is 0.462 e. The standard InChI is InChI=1S/C16H27F3O3/c1-5-14(2,3)13(20)22-12(11-8-6-7-9-11)10-15(4,21)16(17,18)19/h11-12,21H,5-10H2,1-4H3. The maximum Gasteiger partial charge on any atom is 0.417 e. The molecule has 3 nitrogen and oxygen atoms in total. The topological polar surface area (TPSA) is 46.5 Å². The quantitative estimate of drug-likeness (QED) is 0.744. The first-order valence-corrected chi connectivity index (χ1v) is 7.91. The summed E-state index contributed by atoms with van der Waals surface area (Å²) in [5, 5.41) is 9.74. The van der Waals surface area contributed by atoms with E-state index in [9.17, 15) is 23.1 Å². The van der Waals surface area contributed by atoms with Gasteiger partial charge in [-0.3, -0.25) is 4.79 Å². The molecule has 6 heteroatoms. The predicted molar refractivity (Wildman–Crippen MR) is 77.2 cm³/mol. The van der Waals surface area contributed by atoms with E-state index in [0.717, 1.165) is 32.6 Å². The van der Waals surface area contributed by atoms with E-state index < -0.39 is 35.7 Å². The van der Waals surface area contributed by atoms with Crippen LogP contribution < -0.4 is 0 Å². The van der Waals surface area contributed by atoms with E-state index >= 15 is 0 Å². The molecule has 0 heterocycles. The molecule has 0 saturated heterocycles. The number of alkyl halides is 3. The monoisotopic (exact) mass is 324 g/mol. The van der Waals surface area contributed by atoms with Gasteiger partial charge in [0.05, 0.1) is 5.41 Å². The lowest BCUT2D eigenvalue weighted by Crippen LogP contribution is -2.47. The van der Waals surface area contributed by atoms with Crippen molar-refractivity contribution in [2.24, 2.45) is 11.3 Å². The average Bonchev–Trinajstić information content (AvgIpc) is 2.89. The predicted octanol–water partition coefficient (Wildman–Crippen LogP) is 4.23. The van der Waals surface area contributed by atoms with Crippen molar-refractivity contribution >= 4 is 5.97 Å². The summed E-state index contributed by atoms with van der Waals surface area (Å²) in [6, 6.07) is 0. The molecule has 1 aliphatic carbocycles. The highest BCUT2D eigenvalue weighted by Crippen LogP contribution is 2.39. The Balaban J connectivity index is 2.88. The Labute approximate surface area is 130 Å². The van der Waals surface area contributed by atoms with Gasteiger partial charge >= 0.3 is 12.1 Å². The molecule has 130 valence electrons. The van der Waals surface area contributed by atoms with Gasteiger partial charge in [-0.25, -0.2) is 0 Å². The van der Waals surface area contributed by atoms with E-state index in [1.54, 1.807) is 13.8 Å². The fourth-order valence-corrected chi connectivity index (χ4v) is 2.58. The van der Waals surface area contributed by atoms with Crippen LogP contribution in [0, 0.1) is 11.3 Å². The van der Waals surface area contributed by atoms with Crippen molar-refractivity contribution in [3.05, 3.63) is 0 Å². The van der Waals surface area contributed by atoms with Crippen LogP contribution in [0.4, 0.5) is 13.2 Å². The van der Waals surface area contributed by atoms with Gasteiger partial charge in [0.1, 0.15) is 6.10 Å². The van der Waals surface area contributed by atoms with E-state index in [1.165, 1.54) is 0 Å². The maximum atomic E-state index is 12.9. The number of hydrogen-bond acceptors (Lipinski definition) is 3. The maximum absolute atomic E-state index is 12.9. The molecule has 0 radical (unpaired) electrons. The summed E-state index contributed by atoms with van der Waals surface area (Å²) >= 11 is 0. The smallest absolute Gasteiger partial charge is 0.417 e. The lowest BCUT2D eigenvalue weighted by molar-refractivity contribution is -0.264. The van der Waals surface area contributed by atoms with E-state index in [4.69, 9.17) is 4.74 Å². The number of rotatable bonds is 6. The fraction of sp³-hybridized carbons (Fsp3) is 0.938. The van der Waals surface area contributed by atoms with Crippen molar-refractivity contribution in [1.29, 1.82) is 0 Å². The molecule has 2 atom stereocenters. The van der Waals surface area contributed by atoms with Crippen molar-refractivity contribution in [2.75, 3.05) is 0 Å². The Hall–Kier alpha value is -0.780. The summed E-state index contributed by atoms with van der Waals surface area (Å²) in [5.74, 6) is -0.602. The molecule has 1 aliphatic rings. The van der Waals surface area contributed by atoms with Gasteiger partial charge in [0, 0.05) is 6.42 Å². The lowest BCUT2D eigenvalue weighted by Gasteiger charge is -2.34. The molecule has 22 heavy (non-hydrogen) atoms. The Morgan fingerprint density at radius 1 is 1.23 bits per heavy atom. The molecule has 0 aromatic heterocycles. The van der Waals surface area contributed by atoms with Crippen LogP contribution in [0.5, 0.6) is 0 Å². The van der Waals surface area contributed by atoms with Gasteiger partial charge in [-0.15, -0.1) is 0 Å². The third-order valence-corrected chi connectivity index (χ3v) is 4.83. The molecule has 0 aromatic carbocycles. The van der Waals surface area contributed by atoms with Gasteiger partial charge in [-0.1, -0.05) is 19.8 Å². The molecule has 2 unspecified atom stereocenters. The lowest BCUT2D eigenvalue weighted by atomic mass is 9.87. The zero-order valence-corrected chi connectivity index (χ0v) is 13.8. The highest BCUT2D eigenvalue weighted by molar-refractivity contribution is 5.76. The summed E-state index contributed by atoms with van der Waals surface area (Å²) in [7, 11) is 0. The second-order valence-electron chi connectivity index (χ2n) is 7.20. The zero-order valence-electron chi connectivity index (χ0n) is 13.8. The van der Waals surface area contributed by atoms with Crippen LogP contribution in [0.1, 0.15) is 66.2 Å². The van der Waals surface area contributed by atoms with E-state index in [2.05, 4.69) is 0 Å². The van der Waals surface area contributed by atoms with Crippen molar-refractivity contribution < 1.29 is 27.8 Å². The third-order valence-electron chi connectivity index (χ3n) is 4.83. The fourth-order valence-electron chi connectivity index (χ4n) is 2.58. The van der Waals surface area contributed by atoms with Crippen LogP contribution in [-0.4, -0.2) is 29.0 Å². The molecular formula is C16H27F3O3. The Morgan fingerprint density at radius 2 is 1.73 bits per heavy atom. The van der Waals surface area contributed by atoms with Gasteiger partial charge in [-0.2, -0.15) is 13.2 Å². The highest BCUT2D eigenvalue weighted by Gasteiger charge is 2.52. The SMILES string of the molecule is CCC(C)(C)C(=O)OC(CC(C)(O)C(F)(F)F)C1CCCC1. The second-order valence-corrected chi connectivity index (χ2v) is 7.20. The van der Waals surface area contributed by atoms with Crippen molar-refractivity contribution in [1.82, 2.24) is 0 Å². The highest BCUT2D eigenvalue weighted by atomic mass is 19.4. The normalized spacial score (nSPS) is 21.5. The molecule has 1 fully saturated rings. The number of carbonyl (C=O) groups excluding carboxylic acids is 1. The van der Waals surface area contributed by atoms with Gasteiger partial charge in [0.2, 0.25) is 0 Å². The van der Waals surface area contributed by atoms with Gasteiger partial charge in [-0.05, 0) is 46.0 Å². The minimum absolute atomic E-state index is 0.106. The molecular weight excluding hydrogens is 297 g/mol. The first-order chi connectivity index (χ1) is 9.90. The molecule has 0 aliphatic heterocycles. The van der Waals surface area contributed by atoms with Crippen LogP contribution in [0.15, 0.2) is 0 Å². The van der Waals surface area contributed by atoms with Crippen LogP contribution >= 0.6 is 0 Å². The average molecular weight is 324 g/mol. The summed E-state index contributed by atoms with van der Waals surface area (Å²) in [6.45, 7) is 6.00. The molecule has 0 spiro atoms. The second kappa shape index (κ2) is 6.77. The van der Waals surface area contributed by atoms with Crippen molar-refractivity contribution in [3.8, 4) is 0 Å². The summed E-state index contributed by atoms with van der Waals surface area (Å²) in [5.41, 5.74) is -3.59. The number of hydrogen-bond donors (Lipinski definition) is 1. The molecule has 0 bridgehead atoms. The van der Waals surface area contributed by atoms with Crippen LogP contribution in [0.2, 0.25) is 0 Å². The molecule has 0 aromatic rings. The molecule has 1 N–H and O–H groups in total. The minimum atomic E-state index is -4.74. The van der Waals surface area contributed by atoms with E-state index in [0.29, 0.717) is 6.42 Å². The molecule has 1 rings (SSSR count). The minimum Gasteiger partial charge on any atom is -0.462 e. The zero-order chi connectivity index (χ0) is 17.2. The van der Waals surface area contributed by atoms with E-state index in [-0.39, 0.29) is 5.92 Å². The van der Waals surface area contributed by atoms with Crippen LogP contribution in [0.3, 0.4) is 0 Å². The molecule has 0 amide bonds. The van der Waals surface area contributed by atoms with Gasteiger partial charge < -0.3 is 9.84 Å². The van der Waals surface area contributed by atoms with Gasteiger partial charge in [0.15, 0.2) is 5.60 Å². The van der Waals surface area contributed by atoms with Crippen molar-refractivity contribution in [3.63, 3.8) is 0 Å². The first-order valence-electron chi connectivity index (χ1n) is 7.91.